The second kappa shape index (κ2) is 9.23. The van der Waals surface area contributed by atoms with E-state index in [0.717, 1.165) is 48.7 Å². The molecule has 0 aromatic carbocycles. The van der Waals surface area contributed by atoms with E-state index in [2.05, 4.69) is 25.5 Å². The lowest BCUT2D eigenvalue weighted by molar-refractivity contribution is -0.140. The second-order valence-corrected chi connectivity index (χ2v) is 8.21. The Balaban J connectivity index is 1.38. The van der Waals surface area contributed by atoms with Crippen LogP contribution in [-0.4, -0.2) is 54.6 Å². The van der Waals surface area contributed by atoms with Gasteiger partial charge in [0.15, 0.2) is 11.7 Å². The SMILES string of the molecule is CN=C(NCCc1nc(C(F)(F)F)cs1)NC1CCN(C2CCCC2)CC1. The third kappa shape index (κ3) is 5.81. The summed E-state index contributed by atoms with van der Waals surface area (Å²) in [5.41, 5.74) is -0.806. The molecule has 2 N–H and O–H groups in total. The highest BCUT2D eigenvalue weighted by Crippen LogP contribution is 2.30. The molecule has 2 aliphatic rings. The number of thiazole rings is 1. The summed E-state index contributed by atoms with van der Waals surface area (Å²) in [5.74, 6) is 0.710. The van der Waals surface area contributed by atoms with Gasteiger partial charge in [-0.25, -0.2) is 4.98 Å². The van der Waals surface area contributed by atoms with Crippen molar-refractivity contribution in [1.82, 2.24) is 20.5 Å². The monoisotopic (exact) mass is 403 g/mol. The second-order valence-electron chi connectivity index (χ2n) is 7.27. The molecule has 27 heavy (non-hydrogen) atoms. The molecular formula is C18H28F3N5S. The average molecular weight is 404 g/mol. The van der Waals surface area contributed by atoms with E-state index in [1.165, 1.54) is 25.7 Å². The molecule has 0 atom stereocenters. The zero-order chi connectivity index (χ0) is 19.3. The number of guanidine groups is 1. The fourth-order valence-corrected chi connectivity index (χ4v) is 4.72. The summed E-state index contributed by atoms with van der Waals surface area (Å²) in [6, 6.07) is 1.17. The maximum atomic E-state index is 12.6. The molecule has 0 radical (unpaired) electrons. The number of nitrogens with one attached hydrogen (secondary N) is 2. The first kappa shape index (κ1) is 20.4. The summed E-state index contributed by atoms with van der Waals surface area (Å²) >= 11 is 1.05. The number of nitrogens with zero attached hydrogens (tertiary/aromatic N) is 3. The molecule has 2 heterocycles. The maximum Gasteiger partial charge on any atom is 0.434 e. The van der Waals surface area contributed by atoms with Crippen LogP contribution < -0.4 is 10.6 Å². The van der Waals surface area contributed by atoms with Crippen LogP contribution in [0.2, 0.25) is 0 Å². The quantitative estimate of drug-likeness (QED) is 0.585. The fourth-order valence-electron chi connectivity index (χ4n) is 3.91. The minimum absolute atomic E-state index is 0.394. The van der Waals surface area contributed by atoms with Gasteiger partial charge >= 0.3 is 6.18 Å². The van der Waals surface area contributed by atoms with Gasteiger partial charge in [0.2, 0.25) is 0 Å². The highest BCUT2D eigenvalue weighted by molar-refractivity contribution is 7.09. The Morgan fingerprint density at radius 3 is 2.56 bits per heavy atom. The molecule has 9 heteroatoms. The largest absolute Gasteiger partial charge is 0.434 e. The Labute approximate surface area is 162 Å². The molecule has 1 saturated heterocycles. The first-order valence-corrected chi connectivity index (χ1v) is 10.6. The van der Waals surface area contributed by atoms with Gasteiger partial charge < -0.3 is 15.5 Å². The van der Waals surface area contributed by atoms with Gasteiger partial charge in [0.05, 0.1) is 5.01 Å². The Morgan fingerprint density at radius 1 is 1.26 bits per heavy atom. The highest BCUT2D eigenvalue weighted by atomic mass is 32.1. The molecule has 0 amide bonds. The molecule has 1 aliphatic carbocycles. The first-order chi connectivity index (χ1) is 13.0. The lowest BCUT2D eigenvalue weighted by Gasteiger charge is -2.36. The molecule has 1 aromatic heterocycles. The highest BCUT2D eigenvalue weighted by Gasteiger charge is 2.33. The van der Waals surface area contributed by atoms with E-state index in [9.17, 15) is 13.2 Å². The molecule has 5 nitrogen and oxygen atoms in total. The van der Waals surface area contributed by atoms with E-state index >= 15 is 0 Å². The topological polar surface area (TPSA) is 52.6 Å². The van der Waals surface area contributed by atoms with Crippen LogP contribution in [0.5, 0.6) is 0 Å². The zero-order valence-electron chi connectivity index (χ0n) is 15.7. The molecule has 3 rings (SSSR count). The lowest BCUT2D eigenvalue weighted by atomic mass is 10.0. The van der Waals surface area contributed by atoms with Crippen LogP contribution in [0, 0.1) is 0 Å². The number of piperidine rings is 1. The van der Waals surface area contributed by atoms with Crippen LogP contribution in [0.4, 0.5) is 13.2 Å². The van der Waals surface area contributed by atoms with Crippen molar-refractivity contribution in [3.05, 3.63) is 16.1 Å². The van der Waals surface area contributed by atoms with Crippen LogP contribution in [0.3, 0.4) is 0 Å². The Kier molecular flexibility index (Phi) is 6.97. The van der Waals surface area contributed by atoms with Crippen LogP contribution in [0.1, 0.15) is 49.2 Å². The summed E-state index contributed by atoms with van der Waals surface area (Å²) in [6.45, 7) is 2.75. The zero-order valence-corrected chi connectivity index (χ0v) is 16.5. The van der Waals surface area contributed by atoms with Gasteiger partial charge in [-0.2, -0.15) is 13.2 Å². The average Bonchev–Trinajstić information content (AvgIpc) is 3.33. The van der Waals surface area contributed by atoms with Crippen LogP contribution in [0.15, 0.2) is 10.4 Å². The van der Waals surface area contributed by atoms with Gasteiger partial charge in [-0.1, -0.05) is 12.8 Å². The number of hydrogen-bond acceptors (Lipinski definition) is 4. The molecule has 1 saturated carbocycles. The summed E-state index contributed by atoms with van der Waals surface area (Å²) in [7, 11) is 1.72. The van der Waals surface area contributed by atoms with Gasteiger partial charge in [-0.05, 0) is 25.7 Å². The van der Waals surface area contributed by atoms with Crippen molar-refractivity contribution in [3.8, 4) is 0 Å². The van der Waals surface area contributed by atoms with Crippen molar-refractivity contribution in [2.24, 2.45) is 4.99 Å². The molecule has 0 unspecified atom stereocenters. The molecule has 0 spiro atoms. The molecule has 152 valence electrons. The number of halogens is 3. The predicted octanol–water partition coefficient (Wildman–Crippen LogP) is 3.28. The fraction of sp³-hybridized carbons (Fsp3) is 0.778. The van der Waals surface area contributed by atoms with Crippen molar-refractivity contribution in [3.63, 3.8) is 0 Å². The van der Waals surface area contributed by atoms with Crippen LogP contribution >= 0.6 is 11.3 Å². The number of rotatable bonds is 5. The van der Waals surface area contributed by atoms with E-state index in [1.54, 1.807) is 7.05 Å². The molecular weight excluding hydrogens is 375 g/mol. The number of likely N-dealkylation sites (tertiary alicyclic amines) is 1. The van der Waals surface area contributed by atoms with Gasteiger partial charge in [-0.3, -0.25) is 4.99 Å². The van der Waals surface area contributed by atoms with E-state index < -0.39 is 11.9 Å². The first-order valence-electron chi connectivity index (χ1n) is 9.68. The molecule has 2 fully saturated rings. The van der Waals surface area contributed by atoms with Gasteiger partial charge in [0.1, 0.15) is 0 Å². The third-order valence-corrected chi connectivity index (χ3v) is 6.32. The number of hydrogen-bond donors (Lipinski definition) is 2. The molecule has 1 aliphatic heterocycles. The minimum Gasteiger partial charge on any atom is -0.356 e. The van der Waals surface area contributed by atoms with Crippen LogP contribution in [0.25, 0.3) is 0 Å². The third-order valence-electron chi connectivity index (χ3n) is 5.41. The van der Waals surface area contributed by atoms with Gasteiger partial charge in [0, 0.05) is 50.6 Å². The summed E-state index contributed by atoms with van der Waals surface area (Å²) in [4.78, 5) is 10.5. The van der Waals surface area contributed by atoms with Gasteiger partial charge in [-0.15, -0.1) is 11.3 Å². The van der Waals surface area contributed by atoms with Crippen LogP contribution in [-0.2, 0) is 12.6 Å². The van der Waals surface area contributed by atoms with E-state index in [0.29, 0.717) is 30.0 Å². The van der Waals surface area contributed by atoms with Crippen molar-refractivity contribution in [2.45, 2.75) is 63.2 Å². The standard InChI is InChI=1S/C18H28F3N5S/c1-22-17(23-9-6-16-25-15(12-27-16)18(19,20)21)24-13-7-10-26(11-8-13)14-4-2-3-5-14/h12-14H,2-11H2,1H3,(H2,22,23,24). The number of aliphatic imine (C=N–C) groups is 1. The maximum absolute atomic E-state index is 12.6. The summed E-state index contributed by atoms with van der Waals surface area (Å²) in [6.07, 6.45) is 3.68. The molecule has 1 aromatic rings. The van der Waals surface area contributed by atoms with Crippen molar-refractivity contribution in [1.29, 1.82) is 0 Å². The number of alkyl halides is 3. The number of aromatic nitrogens is 1. The normalized spacial score (nSPS) is 21.0. The Bertz CT molecular complexity index is 617. The minimum atomic E-state index is -4.37. The predicted molar refractivity (Wildman–Crippen MR) is 102 cm³/mol. The van der Waals surface area contributed by atoms with E-state index in [4.69, 9.17) is 0 Å². The summed E-state index contributed by atoms with van der Waals surface area (Å²) in [5, 5.41) is 8.19. The molecule has 0 bridgehead atoms. The smallest absolute Gasteiger partial charge is 0.356 e. The van der Waals surface area contributed by atoms with Gasteiger partial charge in [0.25, 0.3) is 0 Å². The van der Waals surface area contributed by atoms with Crippen molar-refractivity contribution in [2.75, 3.05) is 26.7 Å². The lowest BCUT2D eigenvalue weighted by Crippen LogP contribution is -2.50. The Hall–Kier alpha value is -1.35. The van der Waals surface area contributed by atoms with E-state index in [-0.39, 0.29) is 0 Å². The van der Waals surface area contributed by atoms with Crippen molar-refractivity contribution < 1.29 is 13.2 Å². The van der Waals surface area contributed by atoms with Crippen molar-refractivity contribution >= 4 is 17.3 Å². The Morgan fingerprint density at radius 2 is 1.96 bits per heavy atom. The van der Waals surface area contributed by atoms with E-state index in [1.807, 2.05) is 0 Å². The summed E-state index contributed by atoms with van der Waals surface area (Å²) < 4.78 is 37.8.